The normalized spacial score (nSPS) is 21.7. The molecule has 0 saturated heterocycles. The molecule has 0 atom stereocenters. The summed E-state index contributed by atoms with van der Waals surface area (Å²) in [5.74, 6) is 5.10. The molecule has 1 aliphatic rings. The summed E-state index contributed by atoms with van der Waals surface area (Å²) >= 11 is 4.83. The highest BCUT2D eigenvalue weighted by atomic mass is 32.1. The van der Waals surface area contributed by atoms with Crippen molar-refractivity contribution in [1.29, 1.82) is 0 Å². The van der Waals surface area contributed by atoms with Crippen molar-refractivity contribution in [2.24, 2.45) is 10.8 Å². The molecule has 4 heteroatoms. The fourth-order valence-corrected chi connectivity index (χ4v) is 1.56. The predicted molar refractivity (Wildman–Crippen MR) is 49.0 cm³/mol. The summed E-state index contributed by atoms with van der Waals surface area (Å²) in [6, 6.07) is 0.423. The number of rotatable bonds is 1. The molecular formula is C7H14N3S-. The van der Waals surface area contributed by atoms with Crippen molar-refractivity contribution in [3.05, 3.63) is 0 Å². The topological polar surface area (TPSA) is 50.4 Å². The molecule has 0 aliphatic heterocycles. The molecule has 3 nitrogen and oxygen atoms in total. The minimum Gasteiger partial charge on any atom is -0.742 e. The highest BCUT2D eigenvalue weighted by molar-refractivity contribution is 7.77. The van der Waals surface area contributed by atoms with E-state index in [4.69, 9.17) is 18.5 Å². The van der Waals surface area contributed by atoms with Gasteiger partial charge in [0.15, 0.2) is 0 Å². The molecule has 0 aromatic carbocycles. The fourth-order valence-electron chi connectivity index (χ4n) is 1.41. The lowest BCUT2D eigenvalue weighted by atomic mass is 9.96. The summed E-state index contributed by atoms with van der Waals surface area (Å²) in [6.45, 7) is 0. The lowest BCUT2D eigenvalue weighted by Gasteiger charge is -2.21. The summed E-state index contributed by atoms with van der Waals surface area (Å²) in [4.78, 5) is 4.25. The van der Waals surface area contributed by atoms with Crippen LogP contribution in [0.5, 0.6) is 0 Å². The minimum atomic E-state index is 0.423. The maximum Gasteiger partial charge on any atom is 0.0499 e. The molecule has 1 fully saturated rings. The number of hydrogen-bond acceptors (Lipinski definition) is 3. The van der Waals surface area contributed by atoms with Crippen LogP contribution in [-0.4, -0.2) is 11.2 Å². The van der Waals surface area contributed by atoms with Crippen LogP contribution < -0.4 is 11.3 Å². The van der Waals surface area contributed by atoms with Gasteiger partial charge in [0.1, 0.15) is 0 Å². The molecule has 0 radical (unpaired) electrons. The number of nitrogens with one attached hydrogen (secondary N) is 1. The van der Waals surface area contributed by atoms with E-state index < -0.39 is 0 Å². The molecule has 0 heterocycles. The van der Waals surface area contributed by atoms with Crippen molar-refractivity contribution < 1.29 is 0 Å². The van der Waals surface area contributed by atoms with Crippen LogP contribution in [0.15, 0.2) is 4.99 Å². The van der Waals surface area contributed by atoms with E-state index in [1.54, 1.807) is 0 Å². The van der Waals surface area contributed by atoms with Crippen molar-refractivity contribution in [2.45, 2.75) is 38.1 Å². The first-order valence-corrected chi connectivity index (χ1v) is 4.45. The number of nitrogens with zero attached hydrogens (tertiary/aromatic N) is 1. The lowest BCUT2D eigenvalue weighted by molar-refractivity contribution is 0.443. The van der Waals surface area contributed by atoms with Gasteiger partial charge in [-0.05, 0) is 18.0 Å². The van der Waals surface area contributed by atoms with E-state index in [2.05, 4.69) is 10.4 Å². The molecule has 0 unspecified atom stereocenters. The standard InChI is InChI=1S/C7H15N3S/c8-10-7(11)9-6-4-2-1-3-5-6/h6H,1-5,8H2,(H2,9,10,11)/p-1. The van der Waals surface area contributed by atoms with Crippen LogP contribution in [0.4, 0.5) is 0 Å². The molecule has 0 aromatic rings. The monoisotopic (exact) mass is 172 g/mol. The molecular weight excluding hydrogens is 158 g/mol. The second-order valence-corrected chi connectivity index (χ2v) is 3.26. The highest BCUT2D eigenvalue weighted by Crippen LogP contribution is 2.19. The minimum absolute atomic E-state index is 0.423. The van der Waals surface area contributed by atoms with Gasteiger partial charge in [0, 0.05) is 6.04 Å². The van der Waals surface area contributed by atoms with Gasteiger partial charge in [-0.25, -0.2) is 0 Å². The second kappa shape index (κ2) is 4.51. The van der Waals surface area contributed by atoms with Gasteiger partial charge >= 0.3 is 0 Å². The zero-order chi connectivity index (χ0) is 8.10. The summed E-state index contributed by atoms with van der Waals surface area (Å²) in [5.41, 5.74) is 2.38. The van der Waals surface area contributed by atoms with Gasteiger partial charge in [-0.1, -0.05) is 19.3 Å². The Hall–Kier alpha value is -0.350. The van der Waals surface area contributed by atoms with E-state index in [1.165, 1.54) is 32.1 Å². The zero-order valence-corrected chi connectivity index (χ0v) is 7.36. The van der Waals surface area contributed by atoms with Crippen molar-refractivity contribution in [3.63, 3.8) is 0 Å². The largest absolute Gasteiger partial charge is 0.742 e. The zero-order valence-electron chi connectivity index (χ0n) is 6.55. The van der Waals surface area contributed by atoms with Crippen LogP contribution >= 0.6 is 0 Å². The van der Waals surface area contributed by atoms with E-state index >= 15 is 0 Å². The van der Waals surface area contributed by atoms with Gasteiger partial charge in [0.25, 0.3) is 0 Å². The molecule has 0 bridgehead atoms. The molecule has 0 amide bonds. The quantitative estimate of drug-likeness (QED) is 0.201. The van der Waals surface area contributed by atoms with Gasteiger partial charge in [-0.3, -0.25) is 10.8 Å². The maximum atomic E-state index is 5.10. The average molecular weight is 172 g/mol. The van der Waals surface area contributed by atoms with Gasteiger partial charge in [0.2, 0.25) is 0 Å². The summed E-state index contributed by atoms with van der Waals surface area (Å²) in [6.07, 6.45) is 6.24. The van der Waals surface area contributed by atoms with Crippen LogP contribution in [0.25, 0.3) is 0 Å². The van der Waals surface area contributed by atoms with Crippen molar-refractivity contribution in [2.75, 3.05) is 0 Å². The van der Waals surface area contributed by atoms with E-state index in [0.29, 0.717) is 11.2 Å². The van der Waals surface area contributed by atoms with Crippen LogP contribution in [-0.2, 0) is 12.6 Å². The van der Waals surface area contributed by atoms with E-state index in [9.17, 15) is 0 Å². The number of hydrogen-bond donors (Lipinski definition) is 2. The first kappa shape index (κ1) is 8.74. The SMILES string of the molecule is NNC([S-])=NC1CCCCC1. The highest BCUT2D eigenvalue weighted by Gasteiger charge is 2.10. The van der Waals surface area contributed by atoms with E-state index in [-0.39, 0.29) is 0 Å². The van der Waals surface area contributed by atoms with E-state index in [0.717, 1.165) is 0 Å². The Bertz CT molecular complexity index is 141. The third-order valence-electron chi connectivity index (χ3n) is 2.00. The van der Waals surface area contributed by atoms with Gasteiger partial charge in [-0.2, -0.15) is 0 Å². The third kappa shape index (κ3) is 3.03. The molecule has 1 saturated carbocycles. The number of amidine groups is 1. The third-order valence-corrected chi connectivity index (χ3v) is 2.22. The van der Waals surface area contributed by atoms with Crippen molar-refractivity contribution in [1.82, 2.24) is 5.43 Å². The molecule has 64 valence electrons. The van der Waals surface area contributed by atoms with Gasteiger partial charge in [-0.15, -0.1) is 0 Å². The van der Waals surface area contributed by atoms with Crippen LogP contribution in [0, 0.1) is 0 Å². The molecule has 0 aromatic heterocycles. The van der Waals surface area contributed by atoms with Crippen LogP contribution in [0.1, 0.15) is 32.1 Å². The number of nitrogens with two attached hydrogens (primary N) is 1. The Labute approximate surface area is 72.8 Å². The second-order valence-electron chi connectivity index (χ2n) is 2.87. The first-order valence-electron chi connectivity index (χ1n) is 4.04. The molecule has 0 spiro atoms. The smallest absolute Gasteiger partial charge is 0.0499 e. The Kier molecular flexibility index (Phi) is 3.59. The van der Waals surface area contributed by atoms with E-state index in [1.807, 2.05) is 0 Å². The Balaban J connectivity index is 2.34. The summed E-state index contributed by atoms with van der Waals surface area (Å²) in [5, 5.41) is 0.442. The number of aliphatic imine (C=N–C) groups is 1. The Morgan fingerprint density at radius 2 is 2.00 bits per heavy atom. The Morgan fingerprint density at radius 1 is 1.36 bits per heavy atom. The summed E-state index contributed by atoms with van der Waals surface area (Å²) < 4.78 is 0. The molecule has 3 N–H and O–H groups in total. The summed E-state index contributed by atoms with van der Waals surface area (Å²) in [7, 11) is 0. The molecule has 11 heavy (non-hydrogen) atoms. The molecule has 1 aliphatic carbocycles. The van der Waals surface area contributed by atoms with Crippen LogP contribution in [0.2, 0.25) is 0 Å². The lowest BCUT2D eigenvalue weighted by Crippen LogP contribution is -2.30. The average Bonchev–Trinajstić information content (AvgIpc) is 2.06. The van der Waals surface area contributed by atoms with Crippen molar-refractivity contribution in [3.8, 4) is 0 Å². The van der Waals surface area contributed by atoms with Crippen LogP contribution in [0.3, 0.4) is 0 Å². The maximum absolute atomic E-state index is 5.10. The molecule has 1 rings (SSSR count). The fraction of sp³-hybridized carbons (Fsp3) is 0.857. The Morgan fingerprint density at radius 3 is 2.55 bits per heavy atom. The first-order chi connectivity index (χ1) is 5.33. The van der Waals surface area contributed by atoms with Gasteiger partial charge < -0.3 is 18.1 Å². The predicted octanol–water partition coefficient (Wildman–Crippen LogP) is 0.685. The number of hydrazine groups is 1. The van der Waals surface area contributed by atoms with Gasteiger partial charge in [0.05, 0.1) is 0 Å². The van der Waals surface area contributed by atoms with Crippen molar-refractivity contribution >= 4 is 17.8 Å².